The molecule has 0 saturated carbocycles. The predicted octanol–water partition coefficient (Wildman–Crippen LogP) is 3.78. The average Bonchev–Trinajstić information content (AvgIpc) is 2.27. The van der Waals surface area contributed by atoms with Crippen molar-refractivity contribution in [3.05, 3.63) is 29.8 Å². The van der Waals surface area contributed by atoms with Crippen LogP contribution in [0.2, 0.25) is 0 Å². The second kappa shape index (κ2) is 5.84. The van der Waals surface area contributed by atoms with Crippen molar-refractivity contribution in [2.75, 3.05) is 5.32 Å². The summed E-state index contributed by atoms with van der Waals surface area (Å²) in [5, 5.41) is 2.24. The minimum absolute atomic E-state index is 0.0122. The molecule has 0 radical (unpaired) electrons. The molecule has 0 aliphatic carbocycles. The fraction of sp³-hybridized carbons (Fsp3) is 0.417. The molecule has 100 valence electrons. The Kier molecular flexibility index (Phi) is 4.69. The molecule has 1 N–H and O–H groups in total. The number of amides is 1. The molecule has 1 atom stereocenters. The predicted molar refractivity (Wildman–Crippen MR) is 59.9 cm³/mol. The van der Waals surface area contributed by atoms with Gasteiger partial charge in [0.1, 0.15) is 6.17 Å². The van der Waals surface area contributed by atoms with Crippen molar-refractivity contribution >= 4 is 11.6 Å². The van der Waals surface area contributed by atoms with Gasteiger partial charge in [0.15, 0.2) is 0 Å². The molecular weight excluding hydrogens is 250 g/mol. The summed E-state index contributed by atoms with van der Waals surface area (Å²) in [5.41, 5.74) is -0.842. The van der Waals surface area contributed by atoms with Gasteiger partial charge in [-0.1, -0.05) is 13.0 Å². The third kappa shape index (κ3) is 4.35. The average molecular weight is 263 g/mol. The first-order valence-electron chi connectivity index (χ1n) is 5.44. The van der Waals surface area contributed by atoms with Crippen LogP contribution >= 0.6 is 0 Å². The van der Waals surface area contributed by atoms with E-state index >= 15 is 0 Å². The largest absolute Gasteiger partial charge is 0.416 e. The van der Waals surface area contributed by atoms with E-state index in [2.05, 4.69) is 5.32 Å². The summed E-state index contributed by atoms with van der Waals surface area (Å²) in [7, 11) is 0. The molecule has 0 bridgehead atoms. The number of carbonyl (C=O) groups is 1. The smallest absolute Gasteiger partial charge is 0.326 e. The van der Waals surface area contributed by atoms with Gasteiger partial charge in [0.2, 0.25) is 5.91 Å². The highest BCUT2D eigenvalue weighted by Crippen LogP contribution is 2.30. The third-order valence-corrected chi connectivity index (χ3v) is 2.32. The van der Waals surface area contributed by atoms with E-state index in [0.29, 0.717) is 0 Å². The molecule has 1 amide bonds. The van der Waals surface area contributed by atoms with Gasteiger partial charge in [-0.3, -0.25) is 4.79 Å². The second-order valence-corrected chi connectivity index (χ2v) is 3.84. The van der Waals surface area contributed by atoms with E-state index in [1.54, 1.807) is 6.92 Å². The summed E-state index contributed by atoms with van der Waals surface area (Å²) in [4.78, 5) is 11.3. The molecular formula is C12H13F4NO. The van der Waals surface area contributed by atoms with Crippen molar-refractivity contribution in [2.45, 2.75) is 32.1 Å². The van der Waals surface area contributed by atoms with Gasteiger partial charge in [-0.25, -0.2) is 4.39 Å². The minimum Gasteiger partial charge on any atom is -0.326 e. The maximum atomic E-state index is 12.9. The first kappa shape index (κ1) is 14.5. The van der Waals surface area contributed by atoms with E-state index in [1.165, 1.54) is 12.1 Å². The molecule has 1 aromatic rings. The van der Waals surface area contributed by atoms with Crippen LogP contribution in [0.25, 0.3) is 0 Å². The molecule has 0 aliphatic heterocycles. The molecule has 0 heterocycles. The van der Waals surface area contributed by atoms with E-state index in [-0.39, 0.29) is 18.5 Å². The Hall–Kier alpha value is -1.59. The fourth-order valence-corrected chi connectivity index (χ4v) is 1.33. The molecule has 0 fully saturated rings. The summed E-state index contributed by atoms with van der Waals surface area (Å²) in [6.45, 7) is 1.59. The van der Waals surface area contributed by atoms with Crippen LogP contribution in [0.1, 0.15) is 25.3 Å². The summed E-state index contributed by atoms with van der Waals surface area (Å²) in [6, 6.07) is 4.23. The topological polar surface area (TPSA) is 29.1 Å². The lowest BCUT2D eigenvalue weighted by Gasteiger charge is -2.10. The summed E-state index contributed by atoms with van der Waals surface area (Å²) in [5.74, 6) is -0.635. The molecule has 2 nitrogen and oxygen atoms in total. The number of rotatable bonds is 4. The monoisotopic (exact) mass is 263 g/mol. The Morgan fingerprint density at radius 1 is 1.39 bits per heavy atom. The standard InChI is InChI=1S/C12H13F4NO/c1-2-9(13)7-11(18)17-10-5-3-4-8(6-10)12(14,15)16/h3-6,9H,2,7H2,1H3,(H,17,18). The Bertz CT molecular complexity index is 417. The van der Waals surface area contributed by atoms with Gasteiger partial charge in [-0.2, -0.15) is 13.2 Å². The first-order chi connectivity index (χ1) is 8.32. The van der Waals surface area contributed by atoms with Crippen molar-refractivity contribution < 1.29 is 22.4 Å². The van der Waals surface area contributed by atoms with Crippen molar-refractivity contribution in [3.63, 3.8) is 0 Å². The molecule has 18 heavy (non-hydrogen) atoms. The van der Waals surface area contributed by atoms with E-state index in [9.17, 15) is 22.4 Å². The molecule has 0 aliphatic rings. The fourth-order valence-electron chi connectivity index (χ4n) is 1.33. The molecule has 1 aromatic carbocycles. The Labute approximate surface area is 102 Å². The zero-order chi connectivity index (χ0) is 13.8. The van der Waals surface area contributed by atoms with Crippen LogP contribution in [-0.2, 0) is 11.0 Å². The quantitative estimate of drug-likeness (QED) is 0.823. The summed E-state index contributed by atoms with van der Waals surface area (Å²) < 4.78 is 50.1. The van der Waals surface area contributed by atoms with Crippen LogP contribution in [0.15, 0.2) is 24.3 Å². The van der Waals surface area contributed by atoms with E-state index in [0.717, 1.165) is 12.1 Å². The molecule has 1 unspecified atom stereocenters. The molecule has 0 saturated heterocycles. The van der Waals surface area contributed by atoms with Crippen LogP contribution in [0, 0.1) is 0 Å². The van der Waals surface area contributed by atoms with Gasteiger partial charge >= 0.3 is 6.18 Å². The highest BCUT2D eigenvalue weighted by atomic mass is 19.4. The van der Waals surface area contributed by atoms with Crippen molar-refractivity contribution in [2.24, 2.45) is 0 Å². The van der Waals surface area contributed by atoms with E-state index in [4.69, 9.17) is 0 Å². The molecule has 1 rings (SSSR count). The number of anilines is 1. The maximum Gasteiger partial charge on any atom is 0.416 e. The summed E-state index contributed by atoms with van der Waals surface area (Å²) >= 11 is 0. The van der Waals surface area contributed by atoms with Crippen LogP contribution in [0.3, 0.4) is 0 Å². The van der Waals surface area contributed by atoms with Gasteiger partial charge in [0.25, 0.3) is 0 Å². The lowest BCUT2D eigenvalue weighted by molar-refractivity contribution is -0.137. The van der Waals surface area contributed by atoms with Crippen LogP contribution in [0.5, 0.6) is 0 Å². The Morgan fingerprint density at radius 3 is 2.61 bits per heavy atom. The van der Waals surface area contributed by atoms with Gasteiger partial charge in [-0.05, 0) is 24.6 Å². The molecule has 0 aromatic heterocycles. The Balaban J connectivity index is 2.71. The third-order valence-electron chi connectivity index (χ3n) is 2.32. The minimum atomic E-state index is -4.47. The van der Waals surface area contributed by atoms with Crippen molar-refractivity contribution in [1.82, 2.24) is 0 Å². The number of hydrogen-bond donors (Lipinski definition) is 1. The van der Waals surface area contributed by atoms with Crippen molar-refractivity contribution in [1.29, 1.82) is 0 Å². The van der Waals surface area contributed by atoms with Gasteiger partial charge in [0, 0.05) is 5.69 Å². The highest BCUT2D eigenvalue weighted by molar-refractivity contribution is 5.91. The highest BCUT2D eigenvalue weighted by Gasteiger charge is 2.30. The number of hydrogen-bond acceptors (Lipinski definition) is 1. The number of halogens is 4. The SMILES string of the molecule is CCC(F)CC(=O)Nc1cccc(C(F)(F)F)c1. The first-order valence-corrected chi connectivity index (χ1v) is 5.44. The van der Waals surface area contributed by atoms with Crippen LogP contribution in [0.4, 0.5) is 23.2 Å². The van der Waals surface area contributed by atoms with E-state index in [1.807, 2.05) is 0 Å². The van der Waals surface area contributed by atoms with E-state index < -0.39 is 23.8 Å². The second-order valence-electron chi connectivity index (χ2n) is 3.84. The number of nitrogens with one attached hydrogen (secondary N) is 1. The van der Waals surface area contributed by atoms with Gasteiger partial charge < -0.3 is 5.32 Å². The van der Waals surface area contributed by atoms with Crippen molar-refractivity contribution in [3.8, 4) is 0 Å². The Morgan fingerprint density at radius 2 is 2.06 bits per heavy atom. The number of carbonyl (C=O) groups excluding carboxylic acids is 1. The molecule has 0 spiro atoms. The lowest BCUT2D eigenvalue weighted by Crippen LogP contribution is -2.17. The zero-order valence-electron chi connectivity index (χ0n) is 9.72. The zero-order valence-corrected chi connectivity index (χ0v) is 9.72. The van der Waals surface area contributed by atoms with Gasteiger partial charge in [-0.15, -0.1) is 0 Å². The maximum absolute atomic E-state index is 12.9. The van der Waals surface area contributed by atoms with Gasteiger partial charge in [0.05, 0.1) is 12.0 Å². The summed E-state index contributed by atoms with van der Waals surface area (Å²) in [6.07, 6.45) is -5.91. The lowest BCUT2D eigenvalue weighted by atomic mass is 10.1. The van der Waals surface area contributed by atoms with Crippen LogP contribution in [-0.4, -0.2) is 12.1 Å². The number of alkyl halides is 4. The van der Waals surface area contributed by atoms with Crippen LogP contribution < -0.4 is 5.32 Å². The number of benzene rings is 1. The molecule has 6 heteroatoms. The normalized spacial score (nSPS) is 13.2.